The van der Waals surface area contributed by atoms with Gasteiger partial charge in [-0.3, -0.25) is 4.99 Å². The highest BCUT2D eigenvalue weighted by molar-refractivity contribution is 9.10. The van der Waals surface area contributed by atoms with E-state index in [1.807, 2.05) is 18.2 Å². The van der Waals surface area contributed by atoms with Crippen molar-refractivity contribution in [2.24, 2.45) is 16.6 Å². The van der Waals surface area contributed by atoms with Crippen LogP contribution in [0.1, 0.15) is 24.0 Å². The van der Waals surface area contributed by atoms with E-state index >= 15 is 0 Å². The molecule has 0 bridgehead atoms. The van der Waals surface area contributed by atoms with Crippen molar-refractivity contribution in [3.8, 4) is 11.5 Å². The van der Waals surface area contributed by atoms with Crippen LogP contribution in [-0.2, 0) is 15.0 Å². The van der Waals surface area contributed by atoms with Crippen LogP contribution in [0.15, 0.2) is 39.9 Å². The standard InChI is InChI=1S/C20H19BrClN3O3/c21-12-1-2-15-13(7-12)20(14-8-17(22)24-9-16(14)28-15)10-27-18(19(23)25-20)11-3-5-26-6-4-11/h1-2,7-9,11,18H,3-6,10H2,(H2,23,25)/t18-,20-/m0/s1. The zero-order valence-corrected chi connectivity index (χ0v) is 17.4. The Morgan fingerprint density at radius 1 is 1.14 bits per heavy atom. The fourth-order valence-corrected chi connectivity index (χ4v) is 4.80. The van der Waals surface area contributed by atoms with Crippen LogP contribution in [0.3, 0.4) is 0 Å². The number of hydrogen-bond donors (Lipinski definition) is 1. The predicted molar refractivity (Wildman–Crippen MR) is 109 cm³/mol. The Bertz CT molecular complexity index is 910. The van der Waals surface area contributed by atoms with Crippen molar-refractivity contribution in [3.63, 3.8) is 0 Å². The number of nitrogens with two attached hydrogens (primary N) is 1. The highest BCUT2D eigenvalue weighted by Gasteiger charge is 2.48. The van der Waals surface area contributed by atoms with Crippen molar-refractivity contribution in [1.29, 1.82) is 0 Å². The molecule has 1 fully saturated rings. The number of pyridine rings is 1. The largest absolute Gasteiger partial charge is 0.455 e. The van der Waals surface area contributed by atoms with Gasteiger partial charge < -0.3 is 19.9 Å². The van der Waals surface area contributed by atoms with E-state index in [1.54, 1.807) is 12.3 Å². The van der Waals surface area contributed by atoms with Crippen LogP contribution in [0.4, 0.5) is 0 Å². The third-order valence-corrected chi connectivity index (χ3v) is 6.36. The number of aliphatic imine (C=N–C) groups is 1. The normalized spacial score (nSPS) is 26.9. The monoisotopic (exact) mass is 463 g/mol. The molecule has 1 saturated heterocycles. The summed E-state index contributed by atoms with van der Waals surface area (Å²) in [6, 6.07) is 7.63. The summed E-state index contributed by atoms with van der Waals surface area (Å²) in [6.07, 6.45) is 3.27. The Balaban J connectivity index is 1.65. The number of benzene rings is 1. The first kappa shape index (κ1) is 18.4. The van der Waals surface area contributed by atoms with Gasteiger partial charge in [-0.15, -0.1) is 0 Å². The van der Waals surface area contributed by atoms with E-state index in [9.17, 15) is 0 Å². The van der Waals surface area contributed by atoms with Crippen molar-refractivity contribution >= 4 is 33.4 Å². The maximum absolute atomic E-state index is 6.49. The van der Waals surface area contributed by atoms with Gasteiger partial charge in [-0.05, 0) is 43.0 Å². The van der Waals surface area contributed by atoms with E-state index in [0.717, 1.165) is 41.7 Å². The first-order valence-electron chi connectivity index (χ1n) is 9.25. The summed E-state index contributed by atoms with van der Waals surface area (Å²) in [5, 5.41) is 0.375. The SMILES string of the molecule is NC1=N[C@@]2(CO[C@H]1C1CCOCC1)c1cc(Br)ccc1Oc1cnc(Cl)cc12. The average Bonchev–Trinajstić information content (AvgIpc) is 2.70. The molecule has 4 heterocycles. The van der Waals surface area contributed by atoms with Gasteiger partial charge >= 0.3 is 0 Å². The Hall–Kier alpha value is -1.67. The Morgan fingerprint density at radius 3 is 2.71 bits per heavy atom. The fourth-order valence-electron chi connectivity index (χ4n) is 4.28. The van der Waals surface area contributed by atoms with Crippen molar-refractivity contribution in [2.45, 2.75) is 24.5 Å². The van der Waals surface area contributed by atoms with Crippen molar-refractivity contribution in [3.05, 3.63) is 51.2 Å². The van der Waals surface area contributed by atoms with E-state index in [4.69, 9.17) is 36.5 Å². The number of fused-ring (bicyclic) bond motifs is 4. The molecule has 1 aromatic heterocycles. The molecule has 146 valence electrons. The summed E-state index contributed by atoms with van der Waals surface area (Å²) >= 11 is 9.77. The number of rotatable bonds is 1. The first-order chi connectivity index (χ1) is 13.6. The summed E-state index contributed by atoms with van der Waals surface area (Å²) in [4.78, 5) is 9.20. The highest BCUT2D eigenvalue weighted by atomic mass is 79.9. The number of hydrogen-bond acceptors (Lipinski definition) is 6. The maximum Gasteiger partial charge on any atom is 0.151 e. The number of ether oxygens (including phenoxy) is 3. The maximum atomic E-state index is 6.49. The second-order valence-corrected chi connectivity index (χ2v) is 8.63. The van der Waals surface area contributed by atoms with Crippen LogP contribution < -0.4 is 10.5 Å². The van der Waals surface area contributed by atoms with Gasteiger partial charge in [0.1, 0.15) is 28.4 Å². The molecule has 5 rings (SSSR count). The van der Waals surface area contributed by atoms with E-state index in [0.29, 0.717) is 35.0 Å². The van der Waals surface area contributed by atoms with Crippen LogP contribution >= 0.6 is 27.5 Å². The summed E-state index contributed by atoms with van der Waals surface area (Å²) in [7, 11) is 0. The summed E-state index contributed by atoms with van der Waals surface area (Å²) < 4.78 is 18.8. The average molecular weight is 465 g/mol. The molecule has 2 atom stereocenters. The second-order valence-electron chi connectivity index (χ2n) is 7.32. The van der Waals surface area contributed by atoms with Crippen molar-refractivity contribution < 1.29 is 14.2 Å². The molecule has 2 N–H and O–H groups in total. The van der Waals surface area contributed by atoms with Gasteiger partial charge in [0.2, 0.25) is 0 Å². The minimum Gasteiger partial charge on any atom is -0.455 e. The van der Waals surface area contributed by atoms with Gasteiger partial charge in [0.15, 0.2) is 5.75 Å². The molecule has 6 nitrogen and oxygen atoms in total. The lowest BCUT2D eigenvalue weighted by Crippen LogP contribution is -2.50. The zero-order chi connectivity index (χ0) is 19.3. The lowest BCUT2D eigenvalue weighted by atomic mass is 9.80. The summed E-state index contributed by atoms with van der Waals surface area (Å²) in [5.74, 6) is 2.15. The minimum atomic E-state index is -0.814. The lowest BCUT2D eigenvalue weighted by molar-refractivity contribution is -0.0238. The Labute approximate surface area is 176 Å². The van der Waals surface area contributed by atoms with Gasteiger partial charge in [0.05, 0.1) is 12.8 Å². The Kier molecular flexibility index (Phi) is 4.58. The highest BCUT2D eigenvalue weighted by Crippen LogP contribution is 2.51. The number of amidine groups is 1. The minimum absolute atomic E-state index is 0.200. The van der Waals surface area contributed by atoms with Crippen LogP contribution in [0.2, 0.25) is 5.15 Å². The molecule has 0 amide bonds. The van der Waals surface area contributed by atoms with Crippen LogP contribution in [0.5, 0.6) is 11.5 Å². The van der Waals surface area contributed by atoms with Crippen molar-refractivity contribution in [2.75, 3.05) is 19.8 Å². The van der Waals surface area contributed by atoms with E-state index in [2.05, 4.69) is 20.9 Å². The van der Waals surface area contributed by atoms with E-state index in [1.165, 1.54) is 0 Å². The molecule has 3 aliphatic rings. The predicted octanol–water partition coefficient (Wildman–Crippen LogP) is 4.03. The zero-order valence-electron chi connectivity index (χ0n) is 15.0. The van der Waals surface area contributed by atoms with E-state index in [-0.39, 0.29) is 6.10 Å². The summed E-state index contributed by atoms with van der Waals surface area (Å²) in [6.45, 7) is 1.82. The molecule has 2 aromatic rings. The molecule has 0 saturated carbocycles. The van der Waals surface area contributed by atoms with Crippen LogP contribution in [0, 0.1) is 5.92 Å². The van der Waals surface area contributed by atoms with Crippen LogP contribution in [0.25, 0.3) is 0 Å². The Morgan fingerprint density at radius 2 is 1.93 bits per heavy atom. The number of halogens is 2. The molecule has 3 aliphatic heterocycles. The third-order valence-electron chi connectivity index (χ3n) is 5.66. The molecule has 0 radical (unpaired) electrons. The molecule has 1 spiro atoms. The van der Waals surface area contributed by atoms with Gasteiger partial charge in [-0.2, -0.15) is 0 Å². The summed E-state index contributed by atoms with van der Waals surface area (Å²) in [5.41, 5.74) is 7.38. The number of nitrogens with zero attached hydrogens (tertiary/aromatic N) is 2. The van der Waals surface area contributed by atoms with Crippen molar-refractivity contribution in [1.82, 2.24) is 4.98 Å². The molecule has 8 heteroatoms. The molecular weight excluding hydrogens is 446 g/mol. The van der Waals surface area contributed by atoms with Gasteiger partial charge in [-0.1, -0.05) is 27.5 Å². The third kappa shape index (κ3) is 2.92. The quantitative estimate of drug-likeness (QED) is 0.645. The molecule has 1 aromatic carbocycles. The van der Waals surface area contributed by atoms with Gasteiger partial charge in [0, 0.05) is 28.8 Å². The molecule has 0 unspecified atom stereocenters. The van der Waals surface area contributed by atoms with Gasteiger partial charge in [0.25, 0.3) is 0 Å². The number of aromatic nitrogens is 1. The van der Waals surface area contributed by atoms with E-state index < -0.39 is 5.54 Å². The fraction of sp³-hybridized carbons (Fsp3) is 0.400. The lowest BCUT2D eigenvalue weighted by Gasteiger charge is -2.43. The van der Waals surface area contributed by atoms with Gasteiger partial charge in [-0.25, -0.2) is 4.98 Å². The molecule has 28 heavy (non-hydrogen) atoms. The first-order valence-corrected chi connectivity index (χ1v) is 10.4. The molecular formula is C20H19BrClN3O3. The molecule has 0 aliphatic carbocycles. The second kappa shape index (κ2) is 6.99. The topological polar surface area (TPSA) is 79.0 Å². The smallest absolute Gasteiger partial charge is 0.151 e. The van der Waals surface area contributed by atoms with Crippen LogP contribution in [-0.4, -0.2) is 36.7 Å².